The number of aliphatic hydroxyl groups excluding tert-OH is 1. The molecular formula is C26H35ClN8O4. The zero-order valence-corrected chi connectivity index (χ0v) is 23.7. The molecule has 4 aromatic rings. The number of aromatic amines is 1. The van der Waals surface area contributed by atoms with Gasteiger partial charge in [0.1, 0.15) is 0 Å². The molecule has 13 heteroatoms. The lowest BCUT2D eigenvalue weighted by Gasteiger charge is -2.23. The lowest BCUT2D eigenvalue weighted by molar-refractivity contribution is -0.125. The zero-order valence-electron chi connectivity index (χ0n) is 22.9. The van der Waals surface area contributed by atoms with Crippen molar-refractivity contribution in [3.05, 3.63) is 41.6 Å². The molecule has 0 saturated heterocycles. The smallest absolute Gasteiger partial charge is 0.258 e. The number of aliphatic hydroxyl groups is 1. The molecule has 5 N–H and O–H groups in total. The summed E-state index contributed by atoms with van der Waals surface area (Å²) in [5, 5.41) is 30.8. The molecule has 2 heterocycles. The Morgan fingerprint density at radius 2 is 1.97 bits per heavy atom. The molecule has 0 bridgehead atoms. The van der Waals surface area contributed by atoms with Gasteiger partial charge in [-0.3, -0.25) is 9.89 Å². The molecule has 210 valence electrons. The molecule has 2 aromatic heterocycles. The Labute approximate surface area is 232 Å². The third-order valence-corrected chi connectivity index (χ3v) is 5.98. The average molecular weight is 559 g/mol. The van der Waals surface area contributed by atoms with E-state index in [4.69, 9.17) is 21.1 Å². The molecule has 0 atom stereocenters. The number of H-pyrrole nitrogens is 1. The van der Waals surface area contributed by atoms with Gasteiger partial charge >= 0.3 is 0 Å². The van der Waals surface area contributed by atoms with E-state index in [0.717, 1.165) is 17.4 Å². The molecule has 0 aliphatic heterocycles. The van der Waals surface area contributed by atoms with Gasteiger partial charge in [-0.25, -0.2) is 4.68 Å². The quantitative estimate of drug-likeness (QED) is 0.197. The maximum atomic E-state index is 12.1. The summed E-state index contributed by atoms with van der Waals surface area (Å²) in [4.78, 5) is 16.7. The number of carbonyl (C=O) groups is 1. The van der Waals surface area contributed by atoms with Crippen LogP contribution in [0.3, 0.4) is 0 Å². The highest BCUT2D eigenvalue weighted by Gasteiger charge is 2.20. The number of aryl methyl sites for hydroxylation is 1. The Morgan fingerprint density at radius 3 is 2.64 bits per heavy atom. The van der Waals surface area contributed by atoms with Crippen LogP contribution in [-0.2, 0) is 11.8 Å². The molecule has 0 aliphatic rings. The SMILES string of the molecule is CCNC.COc1cc(-c2nc(Nc3ccc4[nH]ncc4c3Cl)n(C)n2)ccc1OCC(=O)NC(C)(C)CO. The van der Waals surface area contributed by atoms with Gasteiger partial charge in [0.15, 0.2) is 23.9 Å². The van der Waals surface area contributed by atoms with Crippen molar-refractivity contribution in [2.45, 2.75) is 26.3 Å². The number of fused-ring (bicyclic) bond motifs is 1. The molecule has 0 aliphatic carbocycles. The van der Waals surface area contributed by atoms with Crippen molar-refractivity contribution < 1.29 is 19.4 Å². The number of nitrogens with zero attached hydrogens (tertiary/aromatic N) is 4. The van der Waals surface area contributed by atoms with Crippen molar-refractivity contribution in [1.29, 1.82) is 0 Å². The second-order valence-electron chi connectivity index (χ2n) is 9.22. The number of carbonyl (C=O) groups excluding carboxylic acids is 1. The van der Waals surface area contributed by atoms with E-state index in [1.54, 1.807) is 50.0 Å². The average Bonchev–Trinajstić information content (AvgIpc) is 3.56. The Balaban J connectivity index is 0.000000983. The number of halogens is 1. The van der Waals surface area contributed by atoms with Gasteiger partial charge in [0.25, 0.3) is 5.91 Å². The van der Waals surface area contributed by atoms with Crippen LogP contribution in [0.25, 0.3) is 22.3 Å². The van der Waals surface area contributed by atoms with Crippen LogP contribution in [0.5, 0.6) is 11.5 Å². The molecule has 39 heavy (non-hydrogen) atoms. The zero-order chi connectivity index (χ0) is 28.6. The molecule has 0 fully saturated rings. The maximum absolute atomic E-state index is 12.1. The van der Waals surface area contributed by atoms with Crippen LogP contribution in [0.15, 0.2) is 36.5 Å². The molecule has 4 rings (SSSR count). The van der Waals surface area contributed by atoms with Crippen LogP contribution in [-0.4, -0.2) is 75.4 Å². The van der Waals surface area contributed by atoms with Crippen LogP contribution in [0.2, 0.25) is 5.02 Å². The number of nitrogens with one attached hydrogen (secondary N) is 4. The van der Waals surface area contributed by atoms with Crippen LogP contribution < -0.4 is 25.4 Å². The van der Waals surface area contributed by atoms with E-state index in [0.29, 0.717) is 39.5 Å². The van der Waals surface area contributed by atoms with Gasteiger partial charge in [0.2, 0.25) is 5.95 Å². The summed E-state index contributed by atoms with van der Waals surface area (Å²) in [5.41, 5.74) is 1.47. The second kappa shape index (κ2) is 13.3. The van der Waals surface area contributed by atoms with E-state index in [-0.39, 0.29) is 19.1 Å². The Kier molecular flexibility index (Phi) is 10.1. The molecule has 2 aromatic carbocycles. The van der Waals surface area contributed by atoms with E-state index in [9.17, 15) is 9.90 Å². The van der Waals surface area contributed by atoms with Gasteiger partial charge in [0.05, 0.1) is 41.7 Å². The molecule has 1 amide bonds. The number of aromatic nitrogens is 5. The highest BCUT2D eigenvalue weighted by atomic mass is 35.5. The Bertz CT molecular complexity index is 1400. The standard InChI is InChI=1S/C23H26ClN7O4.C3H9N/c1-23(2,12-32)28-19(33)11-35-17-8-5-13(9-18(17)34-4)21-27-22(31(3)30-21)26-16-7-6-15-14(20(16)24)10-25-29-15;1-3-4-2/h5-10,32H,11-12H2,1-4H3,(H,25,29)(H,28,33)(H,26,27,30);4H,3H2,1-2H3. The van der Waals surface area contributed by atoms with Crippen molar-refractivity contribution in [3.63, 3.8) is 0 Å². The first kappa shape index (κ1) is 29.7. The van der Waals surface area contributed by atoms with Gasteiger partial charge < -0.3 is 30.5 Å². The summed E-state index contributed by atoms with van der Waals surface area (Å²) < 4.78 is 12.7. The molecule has 0 spiro atoms. The van der Waals surface area contributed by atoms with E-state index >= 15 is 0 Å². The van der Waals surface area contributed by atoms with Gasteiger partial charge in [-0.1, -0.05) is 18.5 Å². The van der Waals surface area contributed by atoms with Gasteiger partial charge in [-0.15, -0.1) is 5.10 Å². The number of hydrogen-bond donors (Lipinski definition) is 5. The first-order valence-electron chi connectivity index (χ1n) is 12.3. The number of amides is 1. The number of anilines is 2. The van der Waals surface area contributed by atoms with Crippen molar-refractivity contribution in [3.8, 4) is 22.9 Å². The van der Waals surface area contributed by atoms with Crippen molar-refractivity contribution in [2.24, 2.45) is 7.05 Å². The number of methoxy groups -OCH3 is 1. The summed E-state index contributed by atoms with van der Waals surface area (Å²) in [6.45, 7) is 6.16. The molecule has 12 nitrogen and oxygen atoms in total. The first-order valence-corrected chi connectivity index (χ1v) is 12.7. The lowest BCUT2D eigenvalue weighted by Crippen LogP contribution is -2.48. The fraction of sp³-hybridized carbons (Fsp3) is 0.385. The molecule has 0 unspecified atom stereocenters. The summed E-state index contributed by atoms with van der Waals surface area (Å²) >= 11 is 6.51. The van der Waals surface area contributed by atoms with Gasteiger partial charge in [-0.05, 0) is 57.8 Å². The summed E-state index contributed by atoms with van der Waals surface area (Å²) in [5.74, 6) is 1.41. The van der Waals surface area contributed by atoms with Crippen LogP contribution in [0.4, 0.5) is 11.6 Å². The fourth-order valence-corrected chi connectivity index (χ4v) is 3.60. The van der Waals surface area contributed by atoms with Crippen LogP contribution >= 0.6 is 11.6 Å². The van der Waals surface area contributed by atoms with Crippen molar-refractivity contribution in [1.82, 2.24) is 35.6 Å². The normalized spacial score (nSPS) is 11.1. The maximum Gasteiger partial charge on any atom is 0.258 e. The minimum Gasteiger partial charge on any atom is -0.493 e. The van der Waals surface area contributed by atoms with Crippen molar-refractivity contribution in [2.75, 3.05) is 39.2 Å². The van der Waals surface area contributed by atoms with Crippen LogP contribution in [0, 0.1) is 0 Å². The largest absolute Gasteiger partial charge is 0.493 e. The number of benzene rings is 2. The number of ether oxygens (including phenoxy) is 2. The second-order valence-corrected chi connectivity index (χ2v) is 9.60. The van der Waals surface area contributed by atoms with E-state index in [2.05, 4.69) is 43.2 Å². The van der Waals surface area contributed by atoms with E-state index < -0.39 is 5.54 Å². The highest BCUT2D eigenvalue weighted by Crippen LogP contribution is 2.34. The number of hydrogen-bond acceptors (Lipinski definition) is 9. The van der Waals surface area contributed by atoms with E-state index in [1.165, 1.54) is 7.11 Å². The summed E-state index contributed by atoms with van der Waals surface area (Å²) in [7, 11) is 5.21. The molecule has 0 radical (unpaired) electrons. The summed E-state index contributed by atoms with van der Waals surface area (Å²) in [6, 6.07) is 8.91. The third-order valence-electron chi connectivity index (χ3n) is 5.58. The predicted molar refractivity (Wildman–Crippen MR) is 152 cm³/mol. The number of rotatable bonds is 10. The first-order chi connectivity index (χ1) is 18.6. The lowest BCUT2D eigenvalue weighted by atomic mass is 10.1. The minimum atomic E-state index is -0.737. The molecular weight excluding hydrogens is 524 g/mol. The van der Waals surface area contributed by atoms with E-state index in [1.807, 2.05) is 19.2 Å². The topological polar surface area (TPSA) is 151 Å². The Hall–Kier alpha value is -3.87. The molecule has 0 saturated carbocycles. The van der Waals surface area contributed by atoms with Gasteiger partial charge in [-0.2, -0.15) is 10.1 Å². The summed E-state index contributed by atoms with van der Waals surface area (Å²) in [6.07, 6.45) is 1.66. The fourth-order valence-electron chi connectivity index (χ4n) is 3.34. The van der Waals surface area contributed by atoms with Crippen LogP contribution in [0.1, 0.15) is 20.8 Å². The highest BCUT2D eigenvalue weighted by molar-refractivity contribution is 6.38. The Morgan fingerprint density at radius 1 is 1.23 bits per heavy atom. The monoisotopic (exact) mass is 558 g/mol. The van der Waals surface area contributed by atoms with Gasteiger partial charge in [0, 0.05) is 18.0 Å². The predicted octanol–water partition coefficient (Wildman–Crippen LogP) is 3.26. The van der Waals surface area contributed by atoms with Crippen molar-refractivity contribution >= 4 is 40.0 Å². The third kappa shape index (κ3) is 7.59. The minimum absolute atomic E-state index is 0.186.